The molecule has 0 spiro atoms. The Morgan fingerprint density at radius 3 is 2.82 bits per heavy atom. The van der Waals surface area contributed by atoms with Crippen LogP contribution in [0, 0.1) is 0 Å². The van der Waals surface area contributed by atoms with Crippen LogP contribution in [0.2, 0.25) is 5.02 Å². The second-order valence-electron chi connectivity index (χ2n) is 5.81. The molecule has 0 aliphatic heterocycles. The fourth-order valence-corrected chi connectivity index (χ4v) is 2.46. The Bertz CT molecular complexity index is 890. The van der Waals surface area contributed by atoms with Gasteiger partial charge in [0.2, 0.25) is 0 Å². The van der Waals surface area contributed by atoms with Gasteiger partial charge in [-0.3, -0.25) is 9.78 Å². The van der Waals surface area contributed by atoms with Gasteiger partial charge in [-0.05, 0) is 26.0 Å². The second-order valence-corrected chi connectivity index (χ2v) is 6.22. The van der Waals surface area contributed by atoms with Crippen LogP contribution in [0.5, 0.6) is 0 Å². The van der Waals surface area contributed by atoms with Crippen LogP contribution in [-0.4, -0.2) is 20.3 Å². The third kappa shape index (κ3) is 2.91. The summed E-state index contributed by atoms with van der Waals surface area (Å²) in [6, 6.07) is 6.56. The molecule has 0 fully saturated rings. The molecule has 3 aromatic heterocycles. The maximum Gasteiger partial charge on any atom is 0.250 e. The highest BCUT2D eigenvalue weighted by Crippen LogP contribution is 2.30. The van der Waals surface area contributed by atoms with Gasteiger partial charge in [-0.25, -0.2) is 0 Å². The van der Waals surface area contributed by atoms with E-state index in [-0.39, 0.29) is 12.1 Å². The highest BCUT2D eigenvalue weighted by molar-refractivity contribution is 6.34. The van der Waals surface area contributed by atoms with E-state index in [1.54, 1.807) is 44.4 Å². The topological polar surface area (TPSA) is 68.3 Å². The number of aliphatic hydroxyl groups is 1. The lowest BCUT2D eigenvalue weighted by molar-refractivity contribution is 0.0605. The molecule has 0 amide bonds. The summed E-state index contributed by atoms with van der Waals surface area (Å²) < 4.78 is 7.19. The van der Waals surface area contributed by atoms with Crippen molar-refractivity contribution in [2.75, 3.05) is 0 Å². The quantitative estimate of drug-likeness (QED) is 0.805. The Kier molecular flexibility index (Phi) is 3.54. The van der Waals surface area contributed by atoms with Gasteiger partial charge in [0.05, 0.1) is 17.2 Å². The van der Waals surface area contributed by atoms with E-state index < -0.39 is 5.60 Å². The predicted octanol–water partition coefficient (Wildman–Crippen LogP) is 3.08. The molecule has 3 rings (SSSR count). The number of hydrogen-bond donors (Lipinski definition) is 1. The summed E-state index contributed by atoms with van der Waals surface area (Å²) in [5, 5.41) is 10.4. The molecule has 0 bridgehead atoms. The molecule has 3 heterocycles. The number of pyridine rings is 2. The van der Waals surface area contributed by atoms with Crippen molar-refractivity contribution in [2.45, 2.75) is 26.0 Å². The molecule has 3 aromatic rings. The summed E-state index contributed by atoms with van der Waals surface area (Å²) in [5.74, 6) is 0.570. The lowest BCUT2D eigenvalue weighted by Crippen LogP contribution is -2.32. The molecular weight excluding hydrogens is 304 g/mol. The molecule has 114 valence electrons. The van der Waals surface area contributed by atoms with Crippen molar-refractivity contribution in [3.8, 4) is 11.3 Å². The predicted molar refractivity (Wildman–Crippen MR) is 85.0 cm³/mol. The summed E-state index contributed by atoms with van der Waals surface area (Å²) in [7, 11) is 0. The van der Waals surface area contributed by atoms with Gasteiger partial charge < -0.3 is 14.1 Å². The number of furan rings is 1. The average Bonchev–Trinajstić information content (AvgIpc) is 2.85. The van der Waals surface area contributed by atoms with E-state index in [0.717, 1.165) is 5.56 Å². The Labute approximate surface area is 131 Å². The van der Waals surface area contributed by atoms with Gasteiger partial charge in [0.1, 0.15) is 11.3 Å². The highest BCUT2D eigenvalue weighted by atomic mass is 35.5. The smallest absolute Gasteiger partial charge is 0.250 e. The van der Waals surface area contributed by atoms with E-state index in [4.69, 9.17) is 16.0 Å². The van der Waals surface area contributed by atoms with Crippen molar-refractivity contribution in [1.29, 1.82) is 0 Å². The lowest BCUT2D eigenvalue weighted by Gasteiger charge is -2.18. The van der Waals surface area contributed by atoms with Crippen molar-refractivity contribution in [2.24, 2.45) is 0 Å². The van der Waals surface area contributed by atoms with Crippen LogP contribution in [0.3, 0.4) is 0 Å². The van der Waals surface area contributed by atoms with E-state index in [0.29, 0.717) is 21.9 Å². The third-order valence-electron chi connectivity index (χ3n) is 3.19. The maximum absolute atomic E-state index is 11.9. The highest BCUT2D eigenvalue weighted by Gasteiger charge is 2.16. The number of halogens is 1. The zero-order chi connectivity index (χ0) is 15.9. The first kappa shape index (κ1) is 14.8. The SMILES string of the molecule is CC(C)(O)Cn1cc(-c2cc3nccc(Cl)c3o2)ccc1=O. The van der Waals surface area contributed by atoms with E-state index in [1.807, 2.05) is 0 Å². The molecule has 1 N–H and O–H groups in total. The Balaban J connectivity index is 2.09. The molecule has 0 saturated heterocycles. The van der Waals surface area contributed by atoms with Gasteiger partial charge in [0.25, 0.3) is 5.56 Å². The van der Waals surface area contributed by atoms with Gasteiger partial charge in [0, 0.05) is 30.1 Å². The maximum atomic E-state index is 11.9. The van der Waals surface area contributed by atoms with E-state index in [2.05, 4.69) is 4.98 Å². The normalized spacial score (nSPS) is 12.0. The standard InChI is InChI=1S/C16H15ClN2O3/c1-16(2,21)9-19-8-10(3-4-14(19)20)13-7-12-15(22-13)11(17)5-6-18-12/h3-8,21H,9H2,1-2H3. The molecule has 22 heavy (non-hydrogen) atoms. The van der Waals surface area contributed by atoms with Crippen LogP contribution in [0.4, 0.5) is 0 Å². The molecule has 0 aromatic carbocycles. The van der Waals surface area contributed by atoms with Crippen molar-refractivity contribution >= 4 is 22.7 Å². The Hall–Kier alpha value is -2.11. The van der Waals surface area contributed by atoms with Crippen molar-refractivity contribution < 1.29 is 9.52 Å². The fraction of sp³-hybridized carbons (Fsp3) is 0.250. The van der Waals surface area contributed by atoms with Crippen LogP contribution in [0.25, 0.3) is 22.4 Å². The molecule has 0 saturated carbocycles. The van der Waals surface area contributed by atoms with Crippen molar-refractivity contribution in [3.63, 3.8) is 0 Å². The van der Waals surface area contributed by atoms with E-state index >= 15 is 0 Å². The number of hydrogen-bond acceptors (Lipinski definition) is 4. The van der Waals surface area contributed by atoms with Crippen molar-refractivity contribution in [3.05, 3.63) is 52.0 Å². The number of rotatable bonds is 3. The first-order chi connectivity index (χ1) is 10.3. The minimum atomic E-state index is -0.985. The van der Waals surface area contributed by atoms with Crippen LogP contribution < -0.4 is 5.56 Å². The van der Waals surface area contributed by atoms with Gasteiger partial charge in [-0.2, -0.15) is 0 Å². The van der Waals surface area contributed by atoms with Crippen LogP contribution in [0.15, 0.2) is 45.9 Å². The van der Waals surface area contributed by atoms with E-state index in [9.17, 15) is 9.90 Å². The van der Waals surface area contributed by atoms with Gasteiger partial charge >= 0.3 is 0 Å². The molecule has 5 nitrogen and oxygen atoms in total. The Morgan fingerprint density at radius 1 is 1.36 bits per heavy atom. The van der Waals surface area contributed by atoms with Gasteiger partial charge in [-0.1, -0.05) is 11.6 Å². The zero-order valence-electron chi connectivity index (χ0n) is 12.2. The summed E-state index contributed by atoms with van der Waals surface area (Å²) in [4.78, 5) is 16.1. The molecule has 0 aliphatic rings. The minimum Gasteiger partial charge on any atom is -0.453 e. The van der Waals surface area contributed by atoms with Crippen molar-refractivity contribution in [1.82, 2.24) is 9.55 Å². The van der Waals surface area contributed by atoms with Crippen LogP contribution in [-0.2, 0) is 6.54 Å². The monoisotopic (exact) mass is 318 g/mol. The molecule has 0 atom stereocenters. The summed E-state index contributed by atoms with van der Waals surface area (Å²) >= 11 is 6.08. The minimum absolute atomic E-state index is 0.182. The van der Waals surface area contributed by atoms with Crippen LogP contribution in [0.1, 0.15) is 13.8 Å². The third-order valence-corrected chi connectivity index (χ3v) is 3.49. The van der Waals surface area contributed by atoms with Gasteiger partial charge in [-0.15, -0.1) is 0 Å². The number of nitrogens with zero attached hydrogens (tertiary/aromatic N) is 2. The number of fused-ring (bicyclic) bond motifs is 1. The molecule has 0 radical (unpaired) electrons. The fourth-order valence-electron chi connectivity index (χ4n) is 2.27. The summed E-state index contributed by atoms with van der Waals surface area (Å²) in [6.45, 7) is 3.49. The summed E-state index contributed by atoms with van der Waals surface area (Å²) in [5.41, 5.74) is 0.722. The largest absolute Gasteiger partial charge is 0.453 e. The Morgan fingerprint density at radius 2 is 2.14 bits per heavy atom. The zero-order valence-corrected chi connectivity index (χ0v) is 13.0. The first-order valence-corrected chi connectivity index (χ1v) is 7.19. The van der Waals surface area contributed by atoms with Gasteiger partial charge in [0.15, 0.2) is 5.58 Å². The molecule has 0 aliphatic carbocycles. The molecule has 6 heteroatoms. The lowest BCUT2D eigenvalue weighted by atomic mass is 10.1. The molecular formula is C16H15ClN2O3. The van der Waals surface area contributed by atoms with Crippen LogP contribution >= 0.6 is 11.6 Å². The summed E-state index contributed by atoms with van der Waals surface area (Å²) in [6.07, 6.45) is 3.27. The second kappa shape index (κ2) is 5.26. The average molecular weight is 319 g/mol. The molecule has 0 unspecified atom stereocenters. The first-order valence-electron chi connectivity index (χ1n) is 6.81. The van der Waals surface area contributed by atoms with E-state index in [1.165, 1.54) is 10.6 Å². The number of aromatic nitrogens is 2.